The minimum atomic E-state index is -1.01. The van der Waals surface area contributed by atoms with E-state index < -0.39 is 11.5 Å². The molecule has 1 amide bonds. The van der Waals surface area contributed by atoms with Crippen molar-refractivity contribution in [2.75, 3.05) is 28.4 Å². The Morgan fingerprint density at radius 2 is 1.56 bits per heavy atom. The third-order valence-electron chi connectivity index (χ3n) is 6.31. The Bertz CT molecular complexity index is 1210. The van der Waals surface area contributed by atoms with Crippen LogP contribution >= 0.6 is 0 Å². The van der Waals surface area contributed by atoms with Gasteiger partial charge in [-0.25, -0.2) is 9.78 Å². The number of nitrogens with zero attached hydrogens (tertiary/aromatic N) is 1. The van der Waals surface area contributed by atoms with Crippen molar-refractivity contribution in [1.82, 2.24) is 10.3 Å². The maximum Gasteiger partial charge on any atom is 0.331 e. The molecule has 34 heavy (non-hydrogen) atoms. The Kier molecular flexibility index (Phi) is 6.58. The fourth-order valence-electron chi connectivity index (χ4n) is 4.58. The lowest BCUT2D eigenvalue weighted by Crippen LogP contribution is -2.53. The van der Waals surface area contributed by atoms with Gasteiger partial charge in [0.1, 0.15) is 5.54 Å². The highest BCUT2D eigenvalue weighted by Gasteiger charge is 2.44. The summed E-state index contributed by atoms with van der Waals surface area (Å²) < 4.78 is 21.4. The molecule has 1 aliphatic rings. The van der Waals surface area contributed by atoms with Gasteiger partial charge in [0, 0.05) is 10.9 Å². The zero-order valence-electron chi connectivity index (χ0n) is 19.8. The van der Waals surface area contributed by atoms with Crippen molar-refractivity contribution in [2.45, 2.75) is 31.2 Å². The van der Waals surface area contributed by atoms with Crippen molar-refractivity contribution in [2.24, 2.45) is 0 Å². The van der Waals surface area contributed by atoms with Gasteiger partial charge >= 0.3 is 5.97 Å². The van der Waals surface area contributed by atoms with E-state index in [0.29, 0.717) is 57.8 Å². The molecule has 3 aromatic rings. The van der Waals surface area contributed by atoms with E-state index in [0.717, 1.165) is 12.8 Å². The van der Waals surface area contributed by atoms with Gasteiger partial charge in [0.25, 0.3) is 5.91 Å². The monoisotopic (exact) mass is 464 g/mol. The number of ether oxygens (including phenoxy) is 4. The molecule has 1 aromatic heterocycles. The molecule has 1 saturated carbocycles. The third-order valence-corrected chi connectivity index (χ3v) is 6.31. The van der Waals surface area contributed by atoms with Crippen LogP contribution in [0.4, 0.5) is 0 Å². The number of amides is 1. The van der Waals surface area contributed by atoms with Gasteiger partial charge in [-0.2, -0.15) is 0 Å². The number of methoxy groups -OCH3 is 4. The molecular formula is C26H28N2O6. The number of aromatic nitrogens is 1. The first-order valence-corrected chi connectivity index (χ1v) is 11.1. The number of rotatable bonds is 7. The van der Waals surface area contributed by atoms with Crippen LogP contribution in [0.25, 0.3) is 22.2 Å². The summed E-state index contributed by atoms with van der Waals surface area (Å²) in [6.45, 7) is 0. The summed E-state index contributed by atoms with van der Waals surface area (Å²) in [4.78, 5) is 30.9. The predicted octanol–water partition coefficient (Wildman–Crippen LogP) is 4.14. The molecular weight excluding hydrogens is 436 g/mol. The number of carbonyl (C=O) groups excluding carboxylic acids is 2. The van der Waals surface area contributed by atoms with E-state index in [-0.39, 0.29) is 5.91 Å². The zero-order valence-corrected chi connectivity index (χ0v) is 19.8. The van der Waals surface area contributed by atoms with Gasteiger partial charge < -0.3 is 24.3 Å². The van der Waals surface area contributed by atoms with E-state index >= 15 is 0 Å². The standard InChI is InChI=1S/C26H28N2O6/c1-31-21-13-16(14-22(32-2)23(21)33-3)20-15-18(17-9-5-6-10-19(17)27-20)24(29)28-26(25(30)34-4)11-7-8-12-26/h5-6,9-10,13-15H,7-8,11-12H2,1-4H3,(H,28,29). The summed E-state index contributed by atoms with van der Waals surface area (Å²) in [6, 6.07) is 12.7. The maximum atomic E-state index is 13.6. The summed E-state index contributed by atoms with van der Waals surface area (Å²) in [5.74, 6) is 0.664. The van der Waals surface area contributed by atoms with Crippen molar-refractivity contribution in [3.05, 3.63) is 48.0 Å². The summed E-state index contributed by atoms with van der Waals surface area (Å²) in [5.41, 5.74) is 1.31. The Balaban J connectivity index is 1.84. The van der Waals surface area contributed by atoms with E-state index in [1.807, 2.05) is 24.3 Å². The predicted molar refractivity (Wildman–Crippen MR) is 128 cm³/mol. The van der Waals surface area contributed by atoms with Crippen LogP contribution in [0.3, 0.4) is 0 Å². The normalized spacial score (nSPS) is 14.5. The Morgan fingerprint density at radius 3 is 2.15 bits per heavy atom. The number of fused-ring (bicyclic) bond motifs is 1. The number of benzene rings is 2. The van der Waals surface area contributed by atoms with Gasteiger partial charge in [-0.3, -0.25) is 4.79 Å². The van der Waals surface area contributed by atoms with Crippen molar-refractivity contribution in [1.29, 1.82) is 0 Å². The first kappa shape index (κ1) is 23.4. The molecule has 0 atom stereocenters. The van der Waals surface area contributed by atoms with Gasteiger partial charge in [0.05, 0.1) is 45.2 Å². The number of para-hydroxylation sites is 1. The second-order valence-electron chi connectivity index (χ2n) is 8.22. The minimum Gasteiger partial charge on any atom is -0.493 e. The number of nitrogens with one attached hydrogen (secondary N) is 1. The molecule has 1 aliphatic carbocycles. The van der Waals surface area contributed by atoms with E-state index in [1.165, 1.54) is 14.2 Å². The molecule has 0 spiro atoms. The maximum absolute atomic E-state index is 13.6. The van der Waals surface area contributed by atoms with Gasteiger partial charge in [-0.05, 0) is 37.1 Å². The largest absolute Gasteiger partial charge is 0.493 e. The van der Waals surface area contributed by atoms with Crippen molar-refractivity contribution in [3.63, 3.8) is 0 Å². The van der Waals surface area contributed by atoms with Crippen LogP contribution in [0.15, 0.2) is 42.5 Å². The van der Waals surface area contributed by atoms with Gasteiger partial charge in [-0.15, -0.1) is 0 Å². The third kappa shape index (κ3) is 4.11. The summed E-state index contributed by atoms with van der Waals surface area (Å²) in [5, 5.41) is 3.67. The SMILES string of the molecule is COC(=O)C1(NC(=O)c2cc(-c3cc(OC)c(OC)c(OC)c3)nc3ccccc23)CCCC1. The van der Waals surface area contributed by atoms with Crippen LogP contribution in [0.2, 0.25) is 0 Å². The van der Waals surface area contributed by atoms with E-state index in [2.05, 4.69) is 5.32 Å². The molecule has 0 radical (unpaired) electrons. The van der Waals surface area contributed by atoms with Crippen LogP contribution in [-0.4, -0.2) is 50.8 Å². The van der Waals surface area contributed by atoms with Crippen LogP contribution in [0, 0.1) is 0 Å². The van der Waals surface area contributed by atoms with Crippen LogP contribution in [-0.2, 0) is 9.53 Å². The zero-order chi connectivity index (χ0) is 24.3. The molecule has 0 bridgehead atoms. The minimum absolute atomic E-state index is 0.348. The molecule has 0 unspecified atom stereocenters. The number of pyridine rings is 1. The number of hydrogen-bond acceptors (Lipinski definition) is 7. The van der Waals surface area contributed by atoms with E-state index in [1.54, 1.807) is 32.4 Å². The van der Waals surface area contributed by atoms with Gasteiger partial charge in [0.15, 0.2) is 11.5 Å². The quantitative estimate of drug-likeness (QED) is 0.525. The molecule has 0 aliphatic heterocycles. The molecule has 0 saturated heterocycles. The average Bonchev–Trinajstić information content (AvgIpc) is 3.35. The lowest BCUT2D eigenvalue weighted by molar-refractivity contribution is -0.148. The van der Waals surface area contributed by atoms with E-state index in [9.17, 15) is 9.59 Å². The molecule has 8 heteroatoms. The number of carbonyl (C=O) groups is 2. The molecule has 1 N–H and O–H groups in total. The first-order chi connectivity index (χ1) is 16.5. The molecule has 2 aromatic carbocycles. The Morgan fingerprint density at radius 1 is 0.912 bits per heavy atom. The Hall–Kier alpha value is -3.81. The van der Waals surface area contributed by atoms with Crippen LogP contribution in [0.5, 0.6) is 17.2 Å². The second kappa shape index (κ2) is 9.59. The van der Waals surface area contributed by atoms with Crippen molar-refractivity contribution < 1.29 is 28.5 Å². The average molecular weight is 465 g/mol. The highest BCUT2D eigenvalue weighted by Crippen LogP contribution is 2.41. The molecule has 8 nitrogen and oxygen atoms in total. The summed E-state index contributed by atoms with van der Waals surface area (Å²) in [6.07, 6.45) is 2.80. The lowest BCUT2D eigenvalue weighted by atomic mass is 9.96. The highest BCUT2D eigenvalue weighted by atomic mass is 16.5. The summed E-state index contributed by atoms with van der Waals surface area (Å²) in [7, 11) is 5.97. The van der Waals surface area contributed by atoms with Crippen LogP contribution < -0.4 is 19.5 Å². The van der Waals surface area contributed by atoms with Crippen molar-refractivity contribution >= 4 is 22.8 Å². The smallest absolute Gasteiger partial charge is 0.331 e. The molecule has 178 valence electrons. The van der Waals surface area contributed by atoms with Crippen LogP contribution in [0.1, 0.15) is 36.0 Å². The Labute approximate surface area is 198 Å². The molecule has 1 fully saturated rings. The van der Waals surface area contributed by atoms with Gasteiger partial charge in [-0.1, -0.05) is 31.0 Å². The second-order valence-corrected chi connectivity index (χ2v) is 8.22. The molecule has 4 rings (SSSR count). The summed E-state index contributed by atoms with van der Waals surface area (Å²) >= 11 is 0. The topological polar surface area (TPSA) is 96.0 Å². The van der Waals surface area contributed by atoms with E-state index in [4.69, 9.17) is 23.9 Å². The highest BCUT2D eigenvalue weighted by molar-refractivity contribution is 6.08. The fraction of sp³-hybridized carbons (Fsp3) is 0.346. The lowest BCUT2D eigenvalue weighted by Gasteiger charge is -2.27. The van der Waals surface area contributed by atoms with Gasteiger partial charge in [0.2, 0.25) is 5.75 Å². The first-order valence-electron chi connectivity index (χ1n) is 11.1. The molecule has 1 heterocycles. The number of esters is 1. The fourth-order valence-corrected chi connectivity index (χ4v) is 4.58. The van der Waals surface area contributed by atoms with Crippen molar-refractivity contribution in [3.8, 4) is 28.5 Å². The number of hydrogen-bond donors (Lipinski definition) is 1.